The molecule has 0 amide bonds. The third kappa shape index (κ3) is 3.68. The van der Waals surface area contributed by atoms with Gasteiger partial charge in [-0.25, -0.2) is 9.37 Å². The van der Waals surface area contributed by atoms with Gasteiger partial charge in [0.1, 0.15) is 18.3 Å². The second kappa shape index (κ2) is 7.55. The van der Waals surface area contributed by atoms with Crippen LogP contribution in [0, 0.1) is 0 Å². The molecule has 0 atom stereocenters. The van der Waals surface area contributed by atoms with Crippen LogP contribution in [0.5, 0.6) is 0 Å². The maximum Gasteiger partial charge on any atom is 0.148 e. The van der Waals surface area contributed by atoms with Crippen LogP contribution in [0.3, 0.4) is 0 Å². The summed E-state index contributed by atoms with van der Waals surface area (Å²) in [5.74, 6) is 1.75. The average Bonchev–Trinajstić information content (AvgIpc) is 3.42. The van der Waals surface area contributed by atoms with Crippen LogP contribution in [0.25, 0.3) is 11.3 Å². The fourth-order valence-corrected chi connectivity index (χ4v) is 3.12. The molecule has 136 valence electrons. The molecule has 0 bridgehead atoms. The fraction of sp³-hybridized carbons (Fsp3) is 0.389. The molecular weight excluding hydrogens is 333 g/mol. The second-order valence-corrected chi connectivity index (χ2v) is 6.38. The summed E-state index contributed by atoms with van der Waals surface area (Å²) in [6.45, 7) is 2.60. The summed E-state index contributed by atoms with van der Waals surface area (Å²) in [4.78, 5) is 6.88. The van der Waals surface area contributed by atoms with Gasteiger partial charge in [0.15, 0.2) is 0 Å². The quantitative estimate of drug-likeness (QED) is 0.682. The van der Waals surface area contributed by atoms with Gasteiger partial charge in [0, 0.05) is 37.1 Å². The number of anilines is 2. The van der Waals surface area contributed by atoms with Gasteiger partial charge in [-0.2, -0.15) is 10.2 Å². The number of aryl methyl sites for hydroxylation is 1. The summed E-state index contributed by atoms with van der Waals surface area (Å²) < 4.78 is 13.9. The lowest BCUT2D eigenvalue weighted by molar-refractivity contribution is 0.427. The van der Waals surface area contributed by atoms with E-state index in [4.69, 9.17) is 0 Å². The van der Waals surface area contributed by atoms with Crippen LogP contribution in [0.2, 0.25) is 0 Å². The molecule has 0 spiro atoms. The monoisotopic (exact) mass is 355 g/mol. The number of H-pyrrole nitrogens is 1. The number of pyridine rings is 1. The van der Waals surface area contributed by atoms with Crippen LogP contribution in [-0.4, -0.2) is 44.7 Å². The molecule has 0 radical (unpaired) electrons. The Morgan fingerprint density at radius 1 is 1.19 bits per heavy atom. The van der Waals surface area contributed by atoms with Crippen molar-refractivity contribution in [2.24, 2.45) is 0 Å². The number of rotatable bonds is 7. The van der Waals surface area contributed by atoms with E-state index < -0.39 is 6.67 Å². The Balaban J connectivity index is 1.37. The molecule has 4 rings (SSSR count). The highest BCUT2D eigenvalue weighted by atomic mass is 19.1. The molecule has 0 saturated carbocycles. The number of alkyl halides is 1. The molecular formula is C18H22FN7. The summed E-state index contributed by atoms with van der Waals surface area (Å²) in [6.07, 6.45) is 6.11. The van der Waals surface area contributed by atoms with E-state index in [-0.39, 0.29) is 6.54 Å². The van der Waals surface area contributed by atoms with Crippen molar-refractivity contribution in [1.29, 1.82) is 0 Å². The van der Waals surface area contributed by atoms with Gasteiger partial charge in [0.2, 0.25) is 0 Å². The van der Waals surface area contributed by atoms with Crippen molar-refractivity contribution < 1.29 is 4.39 Å². The van der Waals surface area contributed by atoms with Crippen molar-refractivity contribution in [3.8, 4) is 11.3 Å². The number of hydrogen-bond acceptors (Lipinski definition) is 5. The molecule has 1 aliphatic rings. The zero-order valence-electron chi connectivity index (χ0n) is 14.5. The Morgan fingerprint density at radius 3 is 2.85 bits per heavy atom. The van der Waals surface area contributed by atoms with E-state index in [2.05, 4.69) is 42.6 Å². The molecule has 1 aliphatic heterocycles. The Morgan fingerprint density at radius 2 is 2.08 bits per heavy atom. The summed E-state index contributed by atoms with van der Waals surface area (Å²) in [7, 11) is 0. The third-order valence-electron chi connectivity index (χ3n) is 4.52. The van der Waals surface area contributed by atoms with Crippen molar-refractivity contribution >= 4 is 11.6 Å². The van der Waals surface area contributed by atoms with Crippen molar-refractivity contribution in [1.82, 2.24) is 25.0 Å². The summed E-state index contributed by atoms with van der Waals surface area (Å²) in [6, 6.07) is 7.95. The highest BCUT2D eigenvalue weighted by molar-refractivity contribution is 5.60. The minimum Gasteiger partial charge on any atom is -0.363 e. The van der Waals surface area contributed by atoms with E-state index in [1.807, 2.05) is 18.3 Å². The molecule has 26 heavy (non-hydrogen) atoms. The average molecular weight is 355 g/mol. The van der Waals surface area contributed by atoms with E-state index in [1.165, 1.54) is 12.8 Å². The van der Waals surface area contributed by atoms with Crippen LogP contribution in [0.1, 0.15) is 18.5 Å². The first-order valence-corrected chi connectivity index (χ1v) is 8.91. The van der Waals surface area contributed by atoms with Crippen molar-refractivity contribution in [3.63, 3.8) is 0 Å². The van der Waals surface area contributed by atoms with E-state index in [0.29, 0.717) is 12.4 Å². The van der Waals surface area contributed by atoms with Crippen LogP contribution < -0.4 is 10.2 Å². The number of nitrogens with zero attached hydrogens (tertiary/aromatic N) is 5. The van der Waals surface area contributed by atoms with E-state index in [1.54, 1.807) is 10.9 Å². The fourth-order valence-electron chi connectivity index (χ4n) is 3.12. The molecule has 7 nitrogen and oxygen atoms in total. The zero-order chi connectivity index (χ0) is 17.8. The Hall–Kier alpha value is -2.90. The first kappa shape index (κ1) is 16.6. The molecule has 3 aromatic heterocycles. The Kier molecular flexibility index (Phi) is 4.81. The van der Waals surface area contributed by atoms with Crippen LogP contribution in [0.15, 0.2) is 36.7 Å². The highest BCUT2D eigenvalue weighted by Gasteiger charge is 2.13. The molecule has 4 heterocycles. The molecule has 0 aliphatic carbocycles. The SMILES string of the molecule is FCCn1ccc(NCc2cc(-c3ccc(N4CCCC4)nc3)n[nH]2)n1. The smallest absolute Gasteiger partial charge is 0.148 e. The largest absolute Gasteiger partial charge is 0.363 e. The Labute approximate surface area is 151 Å². The van der Waals surface area contributed by atoms with E-state index in [0.717, 1.165) is 35.9 Å². The van der Waals surface area contributed by atoms with E-state index >= 15 is 0 Å². The van der Waals surface area contributed by atoms with Gasteiger partial charge < -0.3 is 10.2 Å². The lowest BCUT2D eigenvalue weighted by Crippen LogP contribution is -2.18. The maximum atomic E-state index is 12.3. The van der Waals surface area contributed by atoms with Gasteiger partial charge in [-0.15, -0.1) is 0 Å². The predicted octanol–water partition coefficient (Wildman–Crippen LogP) is 2.85. The van der Waals surface area contributed by atoms with Gasteiger partial charge in [-0.1, -0.05) is 0 Å². The lowest BCUT2D eigenvalue weighted by atomic mass is 10.2. The minimum atomic E-state index is -0.421. The van der Waals surface area contributed by atoms with Gasteiger partial charge in [0.25, 0.3) is 0 Å². The summed E-state index contributed by atoms with van der Waals surface area (Å²) in [5.41, 5.74) is 2.80. The number of aromatic nitrogens is 5. The van der Waals surface area contributed by atoms with Gasteiger partial charge in [-0.3, -0.25) is 9.78 Å². The lowest BCUT2D eigenvalue weighted by Gasteiger charge is -2.15. The topological polar surface area (TPSA) is 74.7 Å². The Bertz CT molecular complexity index is 833. The molecule has 1 fully saturated rings. The van der Waals surface area contributed by atoms with Crippen LogP contribution in [-0.2, 0) is 13.1 Å². The normalized spacial score (nSPS) is 14.1. The first-order valence-electron chi connectivity index (χ1n) is 8.91. The zero-order valence-corrected chi connectivity index (χ0v) is 14.5. The van der Waals surface area contributed by atoms with E-state index in [9.17, 15) is 4.39 Å². The molecule has 2 N–H and O–H groups in total. The number of aromatic amines is 1. The second-order valence-electron chi connectivity index (χ2n) is 6.38. The van der Waals surface area contributed by atoms with Crippen LogP contribution in [0.4, 0.5) is 16.0 Å². The standard InChI is InChI=1S/C18H22FN7/c19-6-10-26-9-5-17(24-26)20-13-15-11-16(23-22-15)14-3-4-18(21-12-14)25-7-1-2-8-25/h3-5,9,11-12H,1-2,6-8,10,13H2,(H,20,24)(H,22,23). The van der Waals surface area contributed by atoms with Gasteiger partial charge in [-0.05, 0) is 31.0 Å². The highest BCUT2D eigenvalue weighted by Crippen LogP contribution is 2.22. The molecule has 3 aromatic rings. The van der Waals surface area contributed by atoms with Crippen molar-refractivity contribution in [2.75, 3.05) is 30.0 Å². The third-order valence-corrected chi connectivity index (χ3v) is 4.52. The molecule has 0 unspecified atom stereocenters. The number of nitrogens with one attached hydrogen (secondary N) is 2. The first-order chi connectivity index (χ1) is 12.8. The predicted molar refractivity (Wildman–Crippen MR) is 98.8 cm³/mol. The van der Waals surface area contributed by atoms with Crippen molar-refractivity contribution in [2.45, 2.75) is 25.9 Å². The number of halogens is 1. The maximum absolute atomic E-state index is 12.3. The minimum absolute atomic E-state index is 0.274. The molecule has 8 heteroatoms. The molecule has 0 aromatic carbocycles. The van der Waals surface area contributed by atoms with Crippen LogP contribution >= 0.6 is 0 Å². The summed E-state index contributed by atoms with van der Waals surface area (Å²) in [5, 5.41) is 14.8. The number of hydrogen-bond donors (Lipinski definition) is 2. The van der Waals surface area contributed by atoms with Gasteiger partial charge >= 0.3 is 0 Å². The van der Waals surface area contributed by atoms with Crippen molar-refractivity contribution in [3.05, 3.63) is 42.4 Å². The molecule has 1 saturated heterocycles. The summed E-state index contributed by atoms with van der Waals surface area (Å²) >= 11 is 0. The van der Waals surface area contributed by atoms with Gasteiger partial charge in [0.05, 0.1) is 24.5 Å².